The third-order valence-corrected chi connectivity index (χ3v) is 5.10. The van der Waals surface area contributed by atoms with E-state index in [2.05, 4.69) is 26.1 Å². The topological polar surface area (TPSA) is 38.3 Å². The zero-order chi connectivity index (χ0) is 16.3. The van der Waals surface area contributed by atoms with Gasteiger partial charge < -0.3 is 10.1 Å². The van der Waals surface area contributed by atoms with Crippen LogP contribution >= 0.6 is 11.8 Å². The van der Waals surface area contributed by atoms with Crippen molar-refractivity contribution >= 4 is 17.7 Å². The van der Waals surface area contributed by atoms with Gasteiger partial charge >= 0.3 is 0 Å². The van der Waals surface area contributed by atoms with E-state index in [-0.39, 0.29) is 11.9 Å². The number of rotatable bonds is 4. The first kappa shape index (κ1) is 17.2. The van der Waals surface area contributed by atoms with Crippen LogP contribution in [0.5, 0.6) is 5.75 Å². The average Bonchev–Trinajstić information content (AvgIpc) is 2.44. The van der Waals surface area contributed by atoms with Crippen LogP contribution in [-0.2, 0) is 0 Å². The second kappa shape index (κ2) is 6.95. The summed E-state index contributed by atoms with van der Waals surface area (Å²) in [6.45, 7) is 6.85. The van der Waals surface area contributed by atoms with Crippen molar-refractivity contribution in [3.05, 3.63) is 23.8 Å². The van der Waals surface area contributed by atoms with Crippen LogP contribution in [0, 0.1) is 11.3 Å². The van der Waals surface area contributed by atoms with Gasteiger partial charge in [0.2, 0.25) is 0 Å². The molecule has 1 aromatic rings. The third kappa shape index (κ3) is 4.19. The van der Waals surface area contributed by atoms with Crippen LogP contribution in [0.1, 0.15) is 50.4 Å². The first-order chi connectivity index (χ1) is 10.3. The number of benzene rings is 1. The SMILES string of the molecule is COc1cc(SC)ccc1C(=O)NC1CC(C)CC(C)(C)C1. The molecule has 0 bridgehead atoms. The minimum atomic E-state index is -0.0283. The maximum absolute atomic E-state index is 12.6. The van der Waals surface area contributed by atoms with Crippen molar-refractivity contribution in [2.24, 2.45) is 11.3 Å². The van der Waals surface area contributed by atoms with Crippen molar-refractivity contribution in [3.63, 3.8) is 0 Å². The third-order valence-electron chi connectivity index (χ3n) is 4.38. The smallest absolute Gasteiger partial charge is 0.255 e. The van der Waals surface area contributed by atoms with Crippen LogP contribution in [-0.4, -0.2) is 25.3 Å². The molecule has 1 amide bonds. The Morgan fingerprint density at radius 3 is 2.68 bits per heavy atom. The predicted octanol–water partition coefficient (Wildman–Crippen LogP) is 4.36. The standard InChI is InChI=1S/C18H27NO2S/c1-12-8-13(11-18(2,3)10-12)19-17(20)15-7-6-14(22-5)9-16(15)21-4/h6-7,9,12-13H,8,10-11H2,1-5H3,(H,19,20). The van der Waals surface area contributed by atoms with Gasteiger partial charge in [-0.2, -0.15) is 0 Å². The number of nitrogens with one attached hydrogen (secondary N) is 1. The Morgan fingerprint density at radius 1 is 1.36 bits per heavy atom. The summed E-state index contributed by atoms with van der Waals surface area (Å²) in [4.78, 5) is 13.7. The van der Waals surface area contributed by atoms with Crippen molar-refractivity contribution in [2.45, 2.75) is 51.0 Å². The van der Waals surface area contributed by atoms with Gasteiger partial charge in [0.1, 0.15) is 5.75 Å². The summed E-state index contributed by atoms with van der Waals surface area (Å²) in [5.74, 6) is 1.27. The number of thioether (sulfide) groups is 1. The molecule has 1 N–H and O–H groups in total. The molecule has 2 rings (SSSR count). The Hall–Kier alpha value is -1.16. The molecule has 0 aliphatic heterocycles. The molecule has 0 radical (unpaired) electrons. The molecule has 0 aromatic heterocycles. The fourth-order valence-electron chi connectivity index (χ4n) is 3.71. The number of carbonyl (C=O) groups is 1. The molecule has 0 saturated heterocycles. The van der Waals surface area contributed by atoms with Crippen molar-refractivity contribution < 1.29 is 9.53 Å². The van der Waals surface area contributed by atoms with Crippen LogP contribution in [0.4, 0.5) is 0 Å². The van der Waals surface area contributed by atoms with Crippen molar-refractivity contribution in [1.29, 1.82) is 0 Å². The number of amides is 1. The summed E-state index contributed by atoms with van der Waals surface area (Å²) in [6, 6.07) is 6.00. The largest absolute Gasteiger partial charge is 0.496 e. The van der Waals surface area contributed by atoms with Crippen LogP contribution in [0.15, 0.2) is 23.1 Å². The first-order valence-electron chi connectivity index (χ1n) is 7.87. The summed E-state index contributed by atoms with van der Waals surface area (Å²) in [6.07, 6.45) is 5.33. The van der Waals surface area contributed by atoms with Crippen molar-refractivity contribution in [1.82, 2.24) is 5.32 Å². The maximum atomic E-state index is 12.6. The van der Waals surface area contributed by atoms with Gasteiger partial charge in [0.15, 0.2) is 0 Å². The Kier molecular flexibility index (Phi) is 5.43. The predicted molar refractivity (Wildman–Crippen MR) is 92.8 cm³/mol. The minimum Gasteiger partial charge on any atom is -0.496 e. The first-order valence-corrected chi connectivity index (χ1v) is 9.10. The van der Waals surface area contributed by atoms with E-state index in [1.54, 1.807) is 18.9 Å². The molecule has 1 aromatic carbocycles. The fraction of sp³-hybridized carbons (Fsp3) is 0.611. The van der Waals surface area contributed by atoms with Gasteiger partial charge in [-0.3, -0.25) is 4.79 Å². The van der Waals surface area contributed by atoms with Gasteiger partial charge in [-0.1, -0.05) is 20.8 Å². The Morgan fingerprint density at radius 2 is 2.09 bits per heavy atom. The van der Waals surface area contributed by atoms with E-state index >= 15 is 0 Å². The summed E-state index contributed by atoms with van der Waals surface area (Å²) in [5.41, 5.74) is 0.916. The quantitative estimate of drug-likeness (QED) is 0.837. The molecule has 1 saturated carbocycles. The molecule has 1 aliphatic carbocycles. The normalized spacial score (nSPS) is 23.9. The number of methoxy groups -OCH3 is 1. The van der Waals surface area contributed by atoms with Gasteiger partial charge in [0.05, 0.1) is 12.7 Å². The highest BCUT2D eigenvalue weighted by atomic mass is 32.2. The lowest BCUT2D eigenvalue weighted by molar-refractivity contribution is 0.0871. The molecule has 2 atom stereocenters. The summed E-state index contributed by atoms with van der Waals surface area (Å²) in [5, 5.41) is 3.21. The zero-order valence-electron chi connectivity index (χ0n) is 14.2. The van der Waals surface area contributed by atoms with Crippen LogP contribution in [0.3, 0.4) is 0 Å². The Labute approximate surface area is 138 Å². The molecular weight excluding hydrogens is 294 g/mol. The minimum absolute atomic E-state index is 0.0283. The van der Waals surface area contributed by atoms with E-state index in [4.69, 9.17) is 4.74 Å². The average molecular weight is 321 g/mol. The number of hydrogen-bond acceptors (Lipinski definition) is 3. The maximum Gasteiger partial charge on any atom is 0.255 e. The molecular formula is C18H27NO2S. The van der Waals surface area contributed by atoms with Gasteiger partial charge in [-0.05, 0) is 55.1 Å². The van der Waals surface area contributed by atoms with E-state index in [1.807, 2.05) is 24.5 Å². The number of ether oxygens (including phenoxy) is 1. The molecule has 4 heteroatoms. The molecule has 1 aliphatic rings. The monoisotopic (exact) mass is 321 g/mol. The number of hydrogen-bond donors (Lipinski definition) is 1. The molecule has 1 fully saturated rings. The molecule has 2 unspecified atom stereocenters. The summed E-state index contributed by atoms with van der Waals surface area (Å²) >= 11 is 1.64. The highest BCUT2D eigenvalue weighted by Gasteiger charge is 2.33. The van der Waals surface area contributed by atoms with E-state index in [0.717, 1.165) is 17.7 Å². The van der Waals surface area contributed by atoms with Gasteiger partial charge in [0, 0.05) is 10.9 Å². The second-order valence-electron chi connectivity index (χ2n) is 7.15. The molecule has 22 heavy (non-hydrogen) atoms. The van der Waals surface area contributed by atoms with Crippen molar-refractivity contribution in [3.8, 4) is 5.75 Å². The molecule has 3 nitrogen and oxygen atoms in total. The van der Waals surface area contributed by atoms with Crippen LogP contribution in [0.2, 0.25) is 0 Å². The highest BCUT2D eigenvalue weighted by Crippen LogP contribution is 2.38. The van der Waals surface area contributed by atoms with E-state index in [1.165, 1.54) is 6.42 Å². The molecule has 0 spiro atoms. The summed E-state index contributed by atoms with van der Waals surface area (Å²) < 4.78 is 5.39. The van der Waals surface area contributed by atoms with Gasteiger partial charge in [-0.25, -0.2) is 0 Å². The van der Waals surface area contributed by atoms with E-state index in [9.17, 15) is 4.79 Å². The Balaban J connectivity index is 2.12. The van der Waals surface area contributed by atoms with Crippen molar-refractivity contribution in [2.75, 3.05) is 13.4 Å². The lowest BCUT2D eigenvalue weighted by atomic mass is 9.70. The molecule has 0 heterocycles. The second-order valence-corrected chi connectivity index (χ2v) is 8.03. The zero-order valence-corrected chi connectivity index (χ0v) is 15.0. The fourth-order valence-corrected chi connectivity index (χ4v) is 4.13. The van der Waals surface area contributed by atoms with Crippen LogP contribution in [0.25, 0.3) is 0 Å². The molecule has 122 valence electrons. The highest BCUT2D eigenvalue weighted by molar-refractivity contribution is 7.98. The van der Waals surface area contributed by atoms with E-state index in [0.29, 0.717) is 22.6 Å². The van der Waals surface area contributed by atoms with Crippen LogP contribution < -0.4 is 10.1 Å². The van der Waals surface area contributed by atoms with Gasteiger partial charge in [0.25, 0.3) is 5.91 Å². The summed E-state index contributed by atoms with van der Waals surface area (Å²) in [7, 11) is 1.61. The number of carbonyl (C=O) groups excluding carboxylic acids is 1. The van der Waals surface area contributed by atoms with Gasteiger partial charge in [-0.15, -0.1) is 11.8 Å². The lowest BCUT2D eigenvalue weighted by Crippen LogP contribution is -2.43. The Bertz CT molecular complexity index is 542. The lowest BCUT2D eigenvalue weighted by Gasteiger charge is -2.39. The van der Waals surface area contributed by atoms with E-state index < -0.39 is 0 Å².